The molecule has 2 aromatic heterocycles. The van der Waals surface area contributed by atoms with Crippen LogP contribution in [0.3, 0.4) is 0 Å². The fourth-order valence-electron chi connectivity index (χ4n) is 7.07. The summed E-state index contributed by atoms with van der Waals surface area (Å²) in [6, 6.07) is 47.7. The number of para-hydroxylation sites is 1. The molecule has 0 aliphatic heterocycles. The number of rotatable bonds is 9. The molecular weight excluding hydrogens is 566 g/mol. The standard InChI is InChI=1S/C41H33N3O2/c45-40(46-28-29-13-3-1-4-14-29)39-25-32(42-24-23-30-26-43-38-22-12-9-17-33(30)38)27-44(39)41(31-15-5-2-6-16-31)36-20-10-7-18-34(36)35-19-8-11-21-37(35)41/h1-22,25-27,42-43H,23-24,28H2. The Morgan fingerprint density at radius 1 is 0.739 bits per heavy atom. The molecule has 0 unspecified atom stereocenters. The highest BCUT2D eigenvalue weighted by Gasteiger charge is 2.47. The first-order valence-corrected chi connectivity index (χ1v) is 15.7. The van der Waals surface area contributed by atoms with E-state index < -0.39 is 5.54 Å². The van der Waals surface area contributed by atoms with Crippen LogP contribution in [0.15, 0.2) is 152 Å². The van der Waals surface area contributed by atoms with Gasteiger partial charge in [-0.25, -0.2) is 4.79 Å². The van der Waals surface area contributed by atoms with Gasteiger partial charge < -0.3 is 19.6 Å². The minimum atomic E-state index is -0.785. The molecule has 0 bridgehead atoms. The lowest BCUT2D eigenvalue weighted by Gasteiger charge is -2.36. The molecule has 0 saturated heterocycles. The summed E-state index contributed by atoms with van der Waals surface area (Å²) in [4.78, 5) is 17.5. The van der Waals surface area contributed by atoms with Gasteiger partial charge in [0.25, 0.3) is 0 Å². The number of nitrogens with zero attached hydrogens (tertiary/aromatic N) is 1. The third-order valence-corrected chi connectivity index (χ3v) is 9.12. The molecule has 7 aromatic rings. The van der Waals surface area contributed by atoms with Crippen LogP contribution in [0.1, 0.15) is 38.3 Å². The van der Waals surface area contributed by atoms with Crippen LogP contribution in [-0.4, -0.2) is 22.1 Å². The van der Waals surface area contributed by atoms with Gasteiger partial charge in [-0.3, -0.25) is 0 Å². The van der Waals surface area contributed by atoms with Crippen LogP contribution in [0.2, 0.25) is 0 Å². The van der Waals surface area contributed by atoms with Gasteiger partial charge in [-0.15, -0.1) is 0 Å². The largest absolute Gasteiger partial charge is 0.456 e. The van der Waals surface area contributed by atoms with Crippen molar-refractivity contribution in [2.24, 2.45) is 0 Å². The molecule has 5 aromatic carbocycles. The number of aromatic nitrogens is 2. The number of nitrogens with one attached hydrogen (secondary N) is 2. The molecule has 5 heteroatoms. The van der Waals surface area contributed by atoms with Crippen LogP contribution in [-0.2, 0) is 23.3 Å². The van der Waals surface area contributed by atoms with Crippen molar-refractivity contribution in [2.45, 2.75) is 18.6 Å². The van der Waals surface area contributed by atoms with Crippen molar-refractivity contribution in [1.82, 2.24) is 9.55 Å². The summed E-state index contributed by atoms with van der Waals surface area (Å²) in [5.41, 5.74) is 9.55. The minimum absolute atomic E-state index is 0.194. The molecule has 0 amide bonds. The highest BCUT2D eigenvalue weighted by molar-refractivity contribution is 5.91. The Labute approximate surface area is 268 Å². The molecule has 0 saturated carbocycles. The zero-order chi connectivity index (χ0) is 30.9. The summed E-state index contributed by atoms with van der Waals surface area (Å²) in [6.45, 7) is 0.898. The molecule has 2 N–H and O–H groups in total. The molecule has 2 heterocycles. The number of hydrogen-bond acceptors (Lipinski definition) is 3. The van der Waals surface area contributed by atoms with Crippen molar-refractivity contribution in [3.8, 4) is 11.1 Å². The lowest BCUT2D eigenvalue weighted by molar-refractivity contribution is 0.0457. The number of carbonyl (C=O) groups excluding carboxylic acids is 1. The summed E-state index contributed by atoms with van der Waals surface area (Å²) in [7, 11) is 0. The van der Waals surface area contributed by atoms with Crippen molar-refractivity contribution in [3.63, 3.8) is 0 Å². The van der Waals surface area contributed by atoms with E-state index in [0.717, 1.165) is 51.0 Å². The maximum absolute atomic E-state index is 14.1. The molecule has 0 atom stereocenters. The Kier molecular flexibility index (Phi) is 6.99. The molecule has 1 aliphatic rings. The van der Waals surface area contributed by atoms with Gasteiger partial charge in [0.2, 0.25) is 0 Å². The summed E-state index contributed by atoms with van der Waals surface area (Å²) in [5.74, 6) is -0.370. The van der Waals surface area contributed by atoms with Gasteiger partial charge >= 0.3 is 5.97 Å². The molecule has 5 nitrogen and oxygen atoms in total. The van der Waals surface area contributed by atoms with Gasteiger partial charge in [-0.2, -0.15) is 0 Å². The zero-order valence-corrected chi connectivity index (χ0v) is 25.3. The molecule has 1 aliphatic carbocycles. The SMILES string of the molecule is O=C(OCc1ccccc1)c1cc(NCCc2c[nH]c3ccccc23)cn1C1(c2ccccc2)c2ccccc2-c2ccccc21. The predicted molar refractivity (Wildman–Crippen MR) is 184 cm³/mol. The number of aromatic amines is 1. The van der Waals surface area contributed by atoms with E-state index in [1.165, 1.54) is 10.9 Å². The lowest BCUT2D eigenvalue weighted by Crippen LogP contribution is -2.37. The third-order valence-electron chi connectivity index (χ3n) is 9.12. The number of hydrogen-bond donors (Lipinski definition) is 2. The van der Waals surface area contributed by atoms with Crippen LogP contribution >= 0.6 is 0 Å². The monoisotopic (exact) mass is 599 g/mol. The average Bonchev–Trinajstić information content (AvgIpc) is 3.81. The van der Waals surface area contributed by atoms with Crippen molar-refractivity contribution in [2.75, 3.05) is 11.9 Å². The average molecular weight is 600 g/mol. The van der Waals surface area contributed by atoms with Gasteiger partial charge in [-0.1, -0.05) is 127 Å². The van der Waals surface area contributed by atoms with Crippen LogP contribution in [0.4, 0.5) is 5.69 Å². The maximum Gasteiger partial charge on any atom is 0.355 e. The van der Waals surface area contributed by atoms with Crippen molar-refractivity contribution < 1.29 is 9.53 Å². The Hall–Kier alpha value is -5.81. The minimum Gasteiger partial charge on any atom is -0.456 e. The summed E-state index contributed by atoms with van der Waals surface area (Å²) in [6.07, 6.45) is 5.00. The molecule has 8 rings (SSSR count). The summed E-state index contributed by atoms with van der Waals surface area (Å²) < 4.78 is 8.14. The van der Waals surface area contributed by atoms with E-state index in [9.17, 15) is 4.79 Å². The molecule has 46 heavy (non-hydrogen) atoms. The van der Waals surface area contributed by atoms with Crippen molar-refractivity contribution in [1.29, 1.82) is 0 Å². The molecule has 0 radical (unpaired) electrons. The Morgan fingerprint density at radius 3 is 2.11 bits per heavy atom. The molecule has 224 valence electrons. The van der Waals surface area contributed by atoms with Crippen LogP contribution in [0, 0.1) is 0 Å². The molecular formula is C41H33N3O2. The Bertz CT molecular complexity index is 2120. The quantitative estimate of drug-likeness (QED) is 0.163. The summed E-state index contributed by atoms with van der Waals surface area (Å²) in [5, 5.41) is 4.87. The van der Waals surface area contributed by atoms with Gasteiger partial charge in [0.15, 0.2) is 0 Å². The second kappa shape index (κ2) is 11.6. The molecule has 0 fully saturated rings. The van der Waals surface area contributed by atoms with E-state index in [1.807, 2.05) is 48.5 Å². The number of fused-ring (bicyclic) bond motifs is 4. The number of carbonyl (C=O) groups is 1. The van der Waals surface area contributed by atoms with Gasteiger partial charge in [-0.05, 0) is 57.5 Å². The van der Waals surface area contributed by atoms with E-state index in [2.05, 4.69) is 118 Å². The van der Waals surface area contributed by atoms with Crippen LogP contribution < -0.4 is 5.32 Å². The van der Waals surface area contributed by atoms with Crippen LogP contribution in [0.5, 0.6) is 0 Å². The lowest BCUT2D eigenvalue weighted by atomic mass is 9.80. The normalized spacial score (nSPS) is 12.9. The Balaban J connectivity index is 1.25. The van der Waals surface area contributed by atoms with Crippen LogP contribution in [0.25, 0.3) is 22.0 Å². The smallest absolute Gasteiger partial charge is 0.355 e. The zero-order valence-electron chi connectivity index (χ0n) is 25.3. The topological polar surface area (TPSA) is 59.0 Å². The van der Waals surface area contributed by atoms with E-state index in [4.69, 9.17) is 4.74 Å². The third kappa shape index (κ3) is 4.60. The van der Waals surface area contributed by atoms with Gasteiger partial charge in [0.1, 0.15) is 17.8 Å². The highest BCUT2D eigenvalue weighted by atomic mass is 16.5. The van der Waals surface area contributed by atoms with E-state index in [-0.39, 0.29) is 12.6 Å². The maximum atomic E-state index is 14.1. The second-order valence-electron chi connectivity index (χ2n) is 11.7. The number of esters is 1. The number of H-pyrrole nitrogens is 1. The van der Waals surface area contributed by atoms with Crippen molar-refractivity contribution >= 4 is 22.6 Å². The van der Waals surface area contributed by atoms with Crippen molar-refractivity contribution in [3.05, 3.63) is 185 Å². The highest BCUT2D eigenvalue weighted by Crippen LogP contribution is 2.54. The fourth-order valence-corrected chi connectivity index (χ4v) is 7.07. The van der Waals surface area contributed by atoms with Gasteiger partial charge in [0.05, 0.1) is 5.69 Å². The number of ether oxygens (including phenoxy) is 1. The first kappa shape index (κ1) is 27.7. The number of anilines is 1. The number of benzene rings is 5. The predicted octanol–water partition coefficient (Wildman–Crippen LogP) is 8.80. The van der Waals surface area contributed by atoms with E-state index in [0.29, 0.717) is 12.2 Å². The van der Waals surface area contributed by atoms with Gasteiger partial charge in [0, 0.05) is 29.8 Å². The first-order chi connectivity index (χ1) is 22.7. The first-order valence-electron chi connectivity index (χ1n) is 15.7. The summed E-state index contributed by atoms with van der Waals surface area (Å²) >= 11 is 0. The Morgan fingerprint density at radius 2 is 1.37 bits per heavy atom. The van der Waals surface area contributed by atoms with E-state index in [1.54, 1.807) is 0 Å². The fraction of sp³-hybridized carbons (Fsp3) is 0.0976. The van der Waals surface area contributed by atoms with E-state index >= 15 is 0 Å². The second-order valence-corrected chi connectivity index (χ2v) is 11.7. The molecule has 0 spiro atoms.